The van der Waals surface area contributed by atoms with Gasteiger partial charge >= 0.3 is 0 Å². The monoisotopic (exact) mass is 142 g/mol. The Morgan fingerprint density at radius 2 is 1.70 bits per heavy atom. The van der Waals surface area contributed by atoms with Crippen LogP contribution < -0.4 is 0 Å². The minimum atomic E-state index is 0.0737. The van der Waals surface area contributed by atoms with E-state index in [1.807, 2.05) is 13.8 Å². The molecular weight excluding hydrogens is 124 g/mol. The highest BCUT2D eigenvalue weighted by Gasteiger charge is 2.16. The Labute approximate surface area is 64.1 Å². The Balaban J connectivity index is 3.87. The second kappa shape index (κ2) is 3.09. The van der Waals surface area contributed by atoms with Gasteiger partial charge in [-0.3, -0.25) is 0 Å². The van der Waals surface area contributed by atoms with Crippen LogP contribution in [0.4, 0.5) is 0 Å². The first-order valence-corrected chi connectivity index (χ1v) is 3.70. The number of rotatable bonds is 2. The van der Waals surface area contributed by atoms with E-state index in [0.717, 1.165) is 5.76 Å². The third kappa shape index (κ3) is 3.54. The lowest BCUT2D eigenvalue weighted by Crippen LogP contribution is -2.14. The van der Waals surface area contributed by atoms with Crippen molar-refractivity contribution in [3.05, 3.63) is 12.3 Å². The average Bonchev–Trinajstić information content (AvgIpc) is 1.60. The average molecular weight is 142 g/mol. The van der Waals surface area contributed by atoms with Gasteiger partial charge in [-0.2, -0.15) is 0 Å². The normalized spacial score (nSPS) is 11.8. The molecule has 0 rings (SSSR count). The molecule has 0 N–H and O–H groups in total. The van der Waals surface area contributed by atoms with E-state index in [1.165, 1.54) is 0 Å². The third-order valence-corrected chi connectivity index (χ3v) is 1.21. The van der Waals surface area contributed by atoms with E-state index < -0.39 is 0 Å². The van der Waals surface area contributed by atoms with Gasteiger partial charge in [-0.05, 0) is 13.8 Å². The molecule has 0 saturated carbocycles. The van der Waals surface area contributed by atoms with Crippen molar-refractivity contribution in [1.82, 2.24) is 0 Å². The molecule has 0 spiro atoms. The van der Waals surface area contributed by atoms with Crippen molar-refractivity contribution < 1.29 is 4.74 Å². The fourth-order valence-electron chi connectivity index (χ4n) is 0.461. The van der Waals surface area contributed by atoms with Crippen LogP contribution >= 0.6 is 0 Å². The molecule has 0 aliphatic carbocycles. The van der Waals surface area contributed by atoms with E-state index in [9.17, 15) is 0 Å². The van der Waals surface area contributed by atoms with E-state index in [1.54, 1.807) is 0 Å². The van der Waals surface area contributed by atoms with Gasteiger partial charge in [0.25, 0.3) is 0 Å². The molecule has 0 fully saturated rings. The van der Waals surface area contributed by atoms with Crippen LogP contribution in [-0.2, 0) is 4.74 Å². The lowest BCUT2D eigenvalue weighted by Gasteiger charge is -2.23. The van der Waals surface area contributed by atoms with E-state index in [0.29, 0.717) is 0 Å². The molecule has 0 bridgehead atoms. The van der Waals surface area contributed by atoms with Gasteiger partial charge in [0, 0.05) is 5.41 Å². The van der Waals surface area contributed by atoms with Crippen LogP contribution in [0.3, 0.4) is 0 Å². The van der Waals surface area contributed by atoms with Crippen molar-refractivity contribution in [1.29, 1.82) is 0 Å². The van der Waals surface area contributed by atoms with Gasteiger partial charge in [0.05, 0.1) is 11.9 Å². The minimum Gasteiger partial charge on any atom is -0.495 e. The molecule has 0 saturated heterocycles. The summed E-state index contributed by atoms with van der Waals surface area (Å²) in [5.74, 6) is 0.863. The molecule has 1 heteroatoms. The first-order valence-electron chi connectivity index (χ1n) is 3.70. The van der Waals surface area contributed by atoms with Crippen molar-refractivity contribution >= 4 is 0 Å². The summed E-state index contributed by atoms with van der Waals surface area (Å²) >= 11 is 0. The predicted octanol–water partition coefficient (Wildman–Crippen LogP) is 2.97. The molecule has 0 aliphatic rings. The SMILES string of the molecule is C=C(OC(C)C)C(C)(C)C. The fourth-order valence-corrected chi connectivity index (χ4v) is 0.461. The van der Waals surface area contributed by atoms with Crippen LogP contribution in [-0.4, -0.2) is 6.10 Å². The standard InChI is InChI=1S/C9H18O/c1-7(2)10-8(3)9(4,5)6/h7H,3H2,1-2,4-6H3. The van der Waals surface area contributed by atoms with Gasteiger partial charge in [-0.1, -0.05) is 27.4 Å². The molecule has 0 aliphatic heterocycles. The highest BCUT2D eigenvalue weighted by molar-refractivity contribution is 4.95. The van der Waals surface area contributed by atoms with Crippen LogP contribution in [0.15, 0.2) is 12.3 Å². The highest BCUT2D eigenvalue weighted by atomic mass is 16.5. The fraction of sp³-hybridized carbons (Fsp3) is 0.778. The molecule has 0 atom stereocenters. The lowest BCUT2D eigenvalue weighted by atomic mass is 9.95. The van der Waals surface area contributed by atoms with Crippen molar-refractivity contribution in [2.45, 2.75) is 40.7 Å². The minimum absolute atomic E-state index is 0.0737. The molecule has 0 aromatic heterocycles. The quantitative estimate of drug-likeness (QED) is 0.538. The molecular formula is C9H18O. The summed E-state index contributed by atoms with van der Waals surface area (Å²) in [7, 11) is 0. The number of hydrogen-bond acceptors (Lipinski definition) is 1. The maximum Gasteiger partial charge on any atom is 0.0945 e. The smallest absolute Gasteiger partial charge is 0.0945 e. The van der Waals surface area contributed by atoms with E-state index >= 15 is 0 Å². The third-order valence-electron chi connectivity index (χ3n) is 1.21. The molecule has 0 aromatic carbocycles. The first kappa shape index (κ1) is 9.54. The summed E-state index contributed by atoms with van der Waals surface area (Å²) in [5, 5.41) is 0. The predicted molar refractivity (Wildman–Crippen MR) is 44.8 cm³/mol. The summed E-state index contributed by atoms with van der Waals surface area (Å²) in [6.45, 7) is 14.2. The van der Waals surface area contributed by atoms with Crippen molar-refractivity contribution in [2.75, 3.05) is 0 Å². The molecule has 0 radical (unpaired) electrons. The summed E-state index contributed by atoms with van der Waals surface area (Å²) < 4.78 is 5.42. The number of hydrogen-bond donors (Lipinski definition) is 0. The van der Waals surface area contributed by atoms with Gasteiger partial charge in [0.2, 0.25) is 0 Å². The summed E-state index contributed by atoms with van der Waals surface area (Å²) in [4.78, 5) is 0. The Hall–Kier alpha value is -0.460. The largest absolute Gasteiger partial charge is 0.495 e. The van der Waals surface area contributed by atoms with Crippen LogP contribution in [0.5, 0.6) is 0 Å². The van der Waals surface area contributed by atoms with Gasteiger partial charge in [0.15, 0.2) is 0 Å². The zero-order valence-electron chi connectivity index (χ0n) is 7.69. The zero-order valence-corrected chi connectivity index (χ0v) is 7.69. The molecule has 10 heavy (non-hydrogen) atoms. The van der Waals surface area contributed by atoms with E-state index in [4.69, 9.17) is 4.74 Å². The molecule has 0 heterocycles. The van der Waals surface area contributed by atoms with Crippen LogP contribution in [0.2, 0.25) is 0 Å². The lowest BCUT2D eigenvalue weighted by molar-refractivity contribution is 0.102. The maximum atomic E-state index is 5.42. The molecule has 1 nitrogen and oxygen atoms in total. The van der Waals surface area contributed by atoms with Gasteiger partial charge in [0.1, 0.15) is 0 Å². The summed E-state index contributed by atoms with van der Waals surface area (Å²) in [6, 6.07) is 0. The van der Waals surface area contributed by atoms with Gasteiger partial charge in [-0.25, -0.2) is 0 Å². The Kier molecular flexibility index (Phi) is 2.95. The topological polar surface area (TPSA) is 9.23 Å². The van der Waals surface area contributed by atoms with Crippen molar-refractivity contribution in [2.24, 2.45) is 5.41 Å². The Bertz CT molecular complexity index is 117. The molecule has 0 unspecified atom stereocenters. The first-order chi connectivity index (χ1) is 4.34. The Morgan fingerprint density at radius 1 is 1.30 bits per heavy atom. The van der Waals surface area contributed by atoms with Crippen LogP contribution in [0.1, 0.15) is 34.6 Å². The molecule has 60 valence electrons. The molecule has 0 amide bonds. The maximum absolute atomic E-state index is 5.42. The van der Waals surface area contributed by atoms with Gasteiger partial charge < -0.3 is 4.74 Å². The second-order valence-electron chi connectivity index (χ2n) is 3.84. The zero-order chi connectivity index (χ0) is 8.36. The summed E-state index contributed by atoms with van der Waals surface area (Å²) in [5.41, 5.74) is 0.0737. The Morgan fingerprint density at radius 3 is 1.80 bits per heavy atom. The van der Waals surface area contributed by atoms with Crippen molar-refractivity contribution in [3.63, 3.8) is 0 Å². The van der Waals surface area contributed by atoms with Crippen LogP contribution in [0.25, 0.3) is 0 Å². The highest BCUT2D eigenvalue weighted by Crippen LogP contribution is 2.25. The summed E-state index contributed by atoms with van der Waals surface area (Å²) in [6.07, 6.45) is 0.242. The number of allylic oxidation sites excluding steroid dienone is 1. The number of ether oxygens (including phenoxy) is 1. The van der Waals surface area contributed by atoms with E-state index in [2.05, 4.69) is 27.4 Å². The van der Waals surface area contributed by atoms with Gasteiger partial charge in [-0.15, -0.1) is 0 Å². The second-order valence-corrected chi connectivity index (χ2v) is 3.84. The van der Waals surface area contributed by atoms with Crippen molar-refractivity contribution in [3.8, 4) is 0 Å². The molecule has 0 aromatic rings. The van der Waals surface area contributed by atoms with E-state index in [-0.39, 0.29) is 11.5 Å². The van der Waals surface area contributed by atoms with Crippen LogP contribution in [0, 0.1) is 5.41 Å².